The molecule has 0 bridgehead atoms. The van der Waals surface area contributed by atoms with Crippen molar-refractivity contribution in [3.63, 3.8) is 0 Å². The zero-order chi connectivity index (χ0) is 32.3. The first-order chi connectivity index (χ1) is 24.3. The van der Waals surface area contributed by atoms with E-state index in [0.717, 1.165) is 12.8 Å². The Morgan fingerprint density at radius 1 is 0.408 bits per heavy atom. The Morgan fingerprint density at radius 2 is 1.00 bits per heavy atom. The maximum Gasteiger partial charge on any atom is 0.0538 e. The van der Waals surface area contributed by atoms with E-state index in [-0.39, 0.29) is 0 Å². The summed E-state index contributed by atoms with van der Waals surface area (Å²) in [4.78, 5) is 0. The van der Waals surface area contributed by atoms with Crippen LogP contribution < -0.4 is 0 Å². The number of para-hydroxylation sites is 1. The van der Waals surface area contributed by atoms with E-state index in [1.807, 2.05) is 0 Å². The van der Waals surface area contributed by atoms with Crippen LogP contribution in [0, 0.1) is 0 Å². The molecule has 0 radical (unpaired) electrons. The molecule has 1 aliphatic rings. The number of benzene rings is 8. The van der Waals surface area contributed by atoms with Crippen LogP contribution in [-0.4, -0.2) is 4.57 Å². The molecule has 10 rings (SSSR count). The van der Waals surface area contributed by atoms with Crippen molar-refractivity contribution in [2.24, 2.45) is 0 Å². The molecule has 0 amide bonds. The van der Waals surface area contributed by atoms with E-state index in [1.54, 1.807) is 0 Å². The van der Waals surface area contributed by atoms with Gasteiger partial charge in [0.25, 0.3) is 0 Å². The number of fused-ring (bicyclic) bond motifs is 6. The Kier molecular flexibility index (Phi) is 6.38. The fourth-order valence-electron chi connectivity index (χ4n) is 8.27. The summed E-state index contributed by atoms with van der Waals surface area (Å²) in [5, 5.41) is 10.2. The van der Waals surface area contributed by atoms with Crippen LogP contribution in [0.1, 0.15) is 12.8 Å². The molecule has 0 N–H and O–H groups in total. The largest absolute Gasteiger partial charge is 0.313 e. The highest BCUT2D eigenvalue weighted by Gasteiger charge is 2.19. The van der Waals surface area contributed by atoms with Crippen molar-refractivity contribution in [1.29, 1.82) is 0 Å². The van der Waals surface area contributed by atoms with Crippen LogP contribution in [-0.2, 0) is 0 Å². The summed E-state index contributed by atoms with van der Waals surface area (Å²) in [6, 6.07) is 58.3. The van der Waals surface area contributed by atoms with Crippen molar-refractivity contribution < 1.29 is 0 Å². The second-order valence-corrected chi connectivity index (χ2v) is 13.2. The number of hydrogen-bond acceptors (Lipinski definition) is 0. The third-order valence-corrected chi connectivity index (χ3v) is 10.4. The van der Waals surface area contributed by atoms with Crippen LogP contribution in [0.5, 0.6) is 0 Å². The summed E-state index contributed by atoms with van der Waals surface area (Å²) in [6.45, 7) is 0. The lowest BCUT2D eigenvalue weighted by atomic mass is 9.84. The first kappa shape index (κ1) is 27.9. The molecule has 0 aliphatic heterocycles. The van der Waals surface area contributed by atoms with E-state index in [4.69, 9.17) is 0 Å². The van der Waals surface area contributed by atoms with Gasteiger partial charge < -0.3 is 4.57 Å². The molecule has 0 saturated heterocycles. The second kappa shape index (κ2) is 11.2. The fraction of sp³-hybridized carbons (Fsp3) is 0.0417. The molecule has 49 heavy (non-hydrogen) atoms. The third-order valence-electron chi connectivity index (χ3n) is 10.4. The van der Waals surface area contributed by atoms with Crippen LogP contribution in [0.15, 0.2) is 176 Å². The summed E-state index contributed by atoms with van der Waals surface area (Å²) in [7, 11) is 0. The Labute approximate surface area is 285 Å². The maximum absolute atomic E-state index is 2.46. The molecule has 1 nitrogen and oxygen atoms in total. The molecule has 0 unspecified atom stereocenters. The molecule has 1 aliphatic carbocycles. The van der Waals surface area contributed by atoms with Gasteiger partial charge in [-0.25, -0.2) is 0 Å². The lowest BCUT2D eigenvalue weighted by Crippen LogP contribution is -1.98. The third kappa shape index (κ3) is 4.40. The summed E-state index contributed by atoms with van der Waals surface area (Å²) >= 11 is 0. The molecule has 1 heteroatoms. The van der Waals surface area contributed by atoms with Gasteiger partial charge in [-0.05, 0) is 109 Å². The molecule has 0 fully saturated rings. The van der Waals surface area contributed by atoms with Crippen LogP contribution in [0.2, 0.25) is 0 Å². The minimum absolute atomic E-state index is 1.05. The van der Waals surface area contributed by atoms with Crippen molar-refractivity contribution in [2.75, 3.05) is 0 Å². The van der Waals surface area contributed by atoms with Crippen LogP contribution in [0.4, 0.5) is 0 Å². The predicted molar refractivity (Wildman–Crippen MR) is 211 cm³/mol. The van der Waals surface area contributed by atoms with Crippen LogP contribution in [0.25, 0.3) is 93.2 Å². The fourth-order valence-corrected chi connectivity index (χ4v) is 8.27. The van der Waals surface area contributed by atoms with Crippen molar-refractivity contribution in [2.45, 2.75) is 12.8 Å². The van der Waals surface area contributed by atoms with Gasteiger partial charge >= 0.3 is 0 Å². The first-order valence-electron chi connectivity index (χ1n) is 17.3. The number of hydrogen-bond donors (Lipinski definition) is 0. The zero-order valence-electron chi connectivity index (χ0n) is 27.1. The van der Waals surface area contributed by atoms with Crippen LogP contribution in [0.3, 0.4) is 0 Å². The summed E-state index contributed by atoms with van der Waals surface area (Å²) in [5.41, 5.74) is 11.4. The van der Waals surface area contributed by atoms with E-state index in [2.05, 4.69) is 181 Å². The number of rotatable bonds is 4. The standard InChI is InChI=1S/C48H33N/c1-2-18-36(19-3-1)49-45-27-11-10-21-38(45)44-31-34(28-29-46(44)49)33-16-12-17-35(30-33)47-40-22-6-8-24-42(40)48(43-25-9-7-23-41(43)47)39-26-13-15-32-14-4-5-20-37(32)39/h1-2,4-18,20-31H,3,19H2. The molecule has 9 aromatic rings. The molecule has 0 spiro atoms. The Bertz CT molecular complexity index is 2760. The van der Waals surface area contributed by atoms with E-state index in [9.17, 15) is 0 Å². The Hall–Kier alpha value is -6.18. The van der Waals surface area contributed by atoms with Gasteiger partial charge in [0.2, 0.25) is 0 Å². The topological polar surface area (TPSA) is 4.93 Å². The average molecular weight is 624 g/mol. The maximum atomic E-state index is 2.46. The predicted octanol–water partition coefficient (Wildman–Crippen LogP) is 13.4. The van der Waals surface area contributed by atoms with Gasteiger partial charge in [-0.2, -0.15) is 0 Å². The molecule has 8 aromatic carbocycles. The average Bonchev–Trinajstić information content (AvgIpc) is 3.51. The highest BCUT2D eigenvalue weighted by Crippen LogP contribution is 2.46. The highest BCUT2D eigenvalue weighted by molar-refractivity contribution is 6.23. The summed E-state index contributed by atoms with van der Waals surface area (Å²) < 4.78 is 2.46. The quantitative estimate of drug-likeness (QED) is 0.172. The lowest BCUT2D eigenvalue weighted by molar-refractivity contribution is 0.979. The van der Waals surface area contributed by atoms with E-state index in [1.165, 1.54) is 93.2 Å². The van der Waals surface area contributed by atoms with Gasteiger partial charge in [0.15, 0.2) is 0 Å². The molecular formula is C48H33N. The normalized spacial score (nSPS) is 13.2. The second-order valence-electron chi connectivity index (χ2n) is 13.2. The van der Waals surface area contributed by atoms with Gasteiger partial charge in [0, 0.05) is 16.5 Å². The highest BCUT2D eigenvalue weighted by atomic mass is 15.0. The van der Waals surface area contributed by atoms with Crippen molar-refractivity contribution in [1.82, 2.24) is 4.57 Å². The van der Waals surface area contributed by atoms with E-state index >= 15 is 0 Å². The number of nitrogens with zero attached hydrogens (tertiary/aromatic N) is 1. The molecule has 1 heterocycles. The molecular weight excluding hydrogens is 591 g/mol. The van der Waals surface area contributed by atoms with Crippen LogP contribution >= 0.6 is 0 Å². The molecule has 0 saturated carbocycles. The Balaban J connectivity index is 1.19. The lowest BCUT2D eigenvalue weighted by Gasteiger charge is -2.19. The zero-order valence-corrected chi connectivity index (χ0v) is 27.1. The van der Waals surface area contributed by atoms with Gasteiger partial charge in [0.1, 0.15) is 0 Å². The molecule has 1 aromatic heterocycles. The monoisotopic (exact) mass is 623 g/mol. The van der Waals surface area contributed by atoms with Gasteiger partial charge in [0.05, 0.1) is 11.0 Å². The van der Waals surface area contributed by atoms with Gasteiger partial charge in [-0.1, -0.05) is 146 Å². The Morgan fingerprint density at radius 3 is 1.76 bits per heavy atom. The number of allylic oxidation sites excluding steroid dienone is 4. The molecule has 230 valence electrons. The van der Waals surface area contributed by atoms with Crippen molar-refractivity contribution >= 4 is 59.8 Å². The summed E-state index contributed by atoms with van der Waals surface area (Å²) in [6.07, 6.45) is 8.85. The minimum Gasteiger partial charge on any atom is -0.313 e. The molecule has 0 atom stereocenters. The van der Waals surface area contributed by atoms with Crippen molar-refractivity contribution in [3.8, 4) is 33.4 Å². The first-order valence-corrected chi connectivity index (χ1v) is 17.3. The summed E-state index contributed by atoms with van der Waals surface area (Å²) in [5.74, 6) is 0. The van der Waals surface area contributed by atoms with Gasteiger partial charge in [-0.15, -0.1) is 0 Å². The van der Waals surface area contributed by atoms with E-state index in [0.29, 0.717) is 0 Å². The SMILES string of the molecule is C1=CCCC(n2c3ccccc3c3cc(-c4cccc(-c5c6ccccc6c(-c6cccc7ccccc67)c6ccccc56)c4)ccc32)=C1. The van der Waals surface area contributed by atoms with Crippen molar-refractivity contribution in [3.05, 3.63) is 176 Å². The smallest absolute Gasteiger partial charge is 0.0538 e. The number of aromatic nitrogens is 1. The minimum atomic E-state index is 1.05. The van der Waals surface area contributed by atoms with Gasteiger partial charge in [-0.3, -0.25) is 0 Å². The van der Waals surface area contributed by atoms with E-state index < -0.39 is 0 Å².